The highest BCUT2D eigenvalue weighted by molar-refractivity contribution is 9.10. The van der Waals surface area contributed by atoms with Gasteiger partial charge in [0.15, 0.2) is 5.16 Å². The van der Waals surface area contributed by atoms with E-state index in [-0.39, 0.29) is 0 Å². The average Bonchev–Trinajstić information content (AvgIpc) is 2.33. The molecular formula is C13H13BrClN3S. The van der Waals surface area contributed by atoms with Gasteiger partial charge >= 0.3 is 0 Å². The molecule has 0 aliphatic heterocycles. The molecule has 100 valence electrons. The fourth-order valence-electron chi connectivity index (χ4n) is 1.79. The van der Waals surface area contributed by atoms with Gasteiger partial charge in [-0.05, 0) is 43.4 Å². The summed E-state index contributed by atoms with van der Waals surface area (Å²) in [5, 5.41) is 4.41. The van der Waals surface area contributed by atoms with Crippen molar-refractivity contribution in [1.82, 2.24) is 9.97 Å². The normalized spacial score (nSPS) is 10.6. The number of nitrogens with one attached hydrogen (secondary N) is 1. The van der Waals surface area contributed by atoms with Crippen LogP contribution in [0.3, 0.4) is 0 Å². The number of hydrogen-bond acceptors (Lipinski definition) is 4. The van der Waals surface area contributed by atoms with Gasteiger partial charge in [0.1, 0.15) is 11.0 Å². The van der Waals surface area contributed by atoms with Crippen molar-refractivity contribution in [2.24, 2.45) is 0 Å². The molecule has 6 heteroatoms. The molecule has 0 unspecified atom stereocenters. The van der Waals surface area contributed by atoms with E-state index in [1.807, 2.05) is 6.26 Å². The number of thioether (sulfide) groups is 1. The van der Waals surface area contributed by atoms with Crippen LogP contribution in [0.1, 0.15) is 11.1 Å². The van der Waals surface area contributed by atoms with E-state index >= 15 is 0 Å². The Morgan fingerprint density at radius 2 is 1.79 bits per heavy atom. The third-order valence-corrected chi connectivity index (χ3v) is 3.81. The zero-order chi connectivity index (χ0) is 14.0. The topological polar surface area (TPSA) is 37.8 Å². The molecule has 0 saturated heterocycles. The van der Waals surface area contributed by atoms with Crippen molar-refractivity contribution >= 4 is 50.8 Å². The standard InChI is InChI=1S/C13H13BrClN3S/c1-7-4-9(14)5-8(2)12(7)17-11-6-10(15)16-13(18-11)19-3/h4-6H,1-3H3,(H,16,17,18). The Labute approximate surface area is 130 Å². The molecule has 1 aromatic carbocycles. The number of hydrogen-bond donors (Lipinski definition) is 1. The molecule has 0 aliphatic rings. The summed E-state index contributed by atoms with van der Waals surface area (Å²) in [7, 11) is 0. The second-order valence-electron chi connectivity index (χ2n) is 4.10. The van der Waals surface area contributed by atoms with Gasteiger partial charge in [0, 0.05) is 16.2 Å². The Kier molecular flexibility index (Phi) is 4.71. The van der Waals surface area contributed by atoms with Crippen LogP contribution in [0.4, 0.5) is 11.5 Å². The quantitative estimate of drug-likeness (QED) is 0.477. The van der Waals surface area contributed by atoms with Gasteiger partial charge in [-0.25, -0.2) is 9.97 Å². The van der Waals surface area contributed by atoms with E-state index in [0.717, 1.165) is 21.3 Å². The van der Waals surface area contributed by atoms with Crippen LogP contribution < -0.4 is 5.32 Å². The minimum atomic E-state index is 0.439. The van der Waals surface area contributed by atoms with Gasteiger partial charge in [0.2, 0.25) is 0 Å². The maximum absolute atomic E-state index is 5.99. The number of aryl methyl sites for hydroxylation is 2. The Morgan fingerprint density at radius 3 is 2.37 bits per heavy atom. The van der Waals surface area contributed by atoms with Gasteiger partial charge in [0.05, 0.1) is 0 Å². The lowest BCUT2D eigenvalue weighted by molar-refractivity contribution is 0.975. The molecule has 2 rings (SSSR count). The second kappa shape index (κ2) is 6.11. The van der Waals surface area contributed by atoms with Crippen molar-refractivity contribution in [3.63, 3.8) is 0 Å². The molecule has 0 radical (unpaired) electrons. The highest BCUT2D eigenvalue weighted by atomic mass is 79.9. The first-order chi connectivity index (χ1) is 8.99. The maximum atomic E-state index is 5.99. The molecule has 1 N–H and O–H groups in total. The van der Waals surface area contributed by atoms with E-state index in [4.69, 9.17) is 11.6 Å². The first kappa shape index (κ1) is 14.6. The summed E-state index contributed by atoms with van der Waals surface area (Å²) in [5.41, 5.74) is 3.34. The third-order valence-electron chi connectivity index (χ3n) is 2.61. The summed E-state index contributed by atoms with van der Waals surface area (Å²) in [4.78, 5) is 8.52. The van der Waals surface area contributed by atoms with Crippen molar-refractivity contribution in [1.29, 1.82) is 0 Å². The van der Waals surface area contributed by atoms with Gasteiger partial charge in [-0.3, -0.25) is 0 Å². The molecule has 19 heavy (non-hydrogen) atoms. The third kappa shape index (κ3) is 3.61. The van der Waals surface area contributed by atoms with Crippen molar-refractivity contribution in [2.45, 2.75) is 19.0 Å². The predicted octanol–water partition coefficient (Wildman–Crippen LogP) is 4.97. The molecule has 0 fully saturated rings. The Morgan fingerprint density at radius 1 is 1.16 bits per heavy atom. The molecule has 0 aliphatic carbocycles. The zero-order valence-electron chi connectivity index (χ0n) is 10.8. The van der Waals surface area contributed by atoms with Crippen LogP contribution in [0, 0.1) is 13.8 Å². The van der Waals surface area contributed by atoms with Gasteiger partial charge in [-0.1, -0.05) is 39.3 Å². The van der Waals surface area contributed by atoms with Gasteiger partial charge in [0.25, 0.3) is 0 Å². The minimum absolute atomic E-state index is 0.439. The highest BCUT2D eigenvalue weighted by Gasteiger charge is 2.07. The Bertz CT molecular complexity index is 596. The number of benzene rings is 1. The maximum Gasteiger partial charge on any atom is 0.190 e. The molecule has 1 aromatic heterocycles. The van der Waals surface area contributed by atoms with Crippen LogP contribution in [0.15, 0.2) is 27.8 Å². The van der Waals surface area contributed by atoms with Crippen molar-refractivity contribution < 1.29 is 0 Å². The van der Waals surface area contributed by atoms with Crippen LogP contribution >= 0.6 is 39.3 Å². The number of aromatic nitrogens is 2. The molecule has 0 bridgehead atoms. The van der Waals surface area contributed by atoms with Gasteiger partial charge in [-0.15, -0.1) is 0 Å². The summed E-state index contributed by atoms with van der Waals surface area (Å²) >= 11 is 10.9. The fraction of sp³-hybridized carbons (Fsp3) is 0.231. The van der Waals surface area contributed by atoms with Crippen molar-refractivity contribution in [3.05, 3.63) is 39.0 Å². The number of halogens is 2. The molecule has 0 amide bonds. The molecule has 1 heterocycles. The second-order valence-corrected chi connectivity index (χ2v) is 6.18. The lowest BCUT2D eigenvalue weighted by Gasteiger charge is -2.13. The summed E-state index contributed by atoms with van der Waals surface area (Å²) in [6.45, 7) is 4.11. The fourth-order valence-corrected chi connectivity index (χ4v) is 3.09. The van der Waals surface area contributed by atoms with Crippen LogP contribution in [0.2, 0.25) is 5.15 Å². The minimum Gasteiger partial charge on any atom is -0.340 e. The van der Waals surface area contributed by atoms with Crippen molar-refractivity contribution in [2.75, 3.05) is 11.6 Å². The lowest BCUT2D eigenvalue weighted by atomic mass is 10.1. The summed E-state index contributed by atoms with van der Waals surface area (Å²) < 4.78 is 1.07. The summed E-state index contributed by atoms with van der Waals surface area (Å²) in [6, 6.07) is 5.85. The zero-order valence-corrected chi connectivity index (χ0v) is 13.9. The van der Waals surface area contributed by atoms with E-state index in [1.54, 1.807) is 6.07 Å². The Balaban J connectivity index is 2.39. The SMILES string of the molecule is CSc1nc(Cl)cc(Nc2c(C)cc(Br)cc2C)n1. The number of rotatable bonds is 3. The van der Waals surface area contributed by atoms with Crippen LogP contribution in [-0.4, -0.2) is 16.2 Å². The monoisotopic (exact) mass is 357 g/mol. The number of nitrogens with zero attached hydrogens (tertiary/aromatic N) is 2. The van der Waals surface area contributed by atoms with E-state index in [2.05, 4.69) is 57.2 Å². The molecule has 0 saturated carbocycles. The largest absolute Gasteiger partial charge is 0.340 e. The smallest absolute Gasteiger partial charge is 0.190 e. The van der Waals surface area contributed by atoms with Gasteiger partial charge in [-0.2, -0.15) is 0 Å². The van der Waals surface area contributed by atoms with Crippen LogP contribution in [0.25, 0.3) is 0 Å². The van der Waals surface area contributed by atoms with Gasteiger partial charge < -0.3 is 5.32 Å². The summed E-state index contributed by atoms with van der Waals surface area (Å²) in [6.07, 6.45) is 1.92. The van der Waals surface area contributed by atoms with E-state index < -0.39 is 0 Å². The molecule has 3 nitrogen and oxygen atoms in total. The number of anilines is 2. The molecule has 0 atom stereocenters. The lowest BCUT2D eigenvalue weighted by Crippen LogP contribution is -2.00. The average molecular weight is 359 g/mol. The first-order valence-corrected chi connectivity index (χ1v) is 8.01. The van der Waals surface area contributed by atoms with E-state index in [1.165, 1.54) is 11.8 Å². The first-order valence-electron chi connectivity index (χ1n) is 5.62. The van der Waals surface area contributed by atoms with Crippen LogP contribution in [0.5, 0.6) is 0 Å². The molecule has 2 aromatic rings. The summed E-state index contributed by atoms with van der Waals surface area (Å²) in [5.74, 6) is 0.706. The predicted molar refractivity (Wildman–Crippen MR) is 85.7 cm³/mol. The van der Waals surface area contributed by atoms with E-state index in [9.17, 15) is 0 Å². The highest BCUT2D eigenvalue weighted by Crippen LogP contribution is 2.28. The Hall–Kier alpha value is -0.780. The van der Waals surface area contributed by atoms with E-state index in [0.29, 0.717) is 16.1 Å². The van der Waals surface area contributed by atoms with Crippen molar-refractivity contribution in [3.8, 4) is 0 Å². The molecular weight excluding hydrogens is 346 g/mol. The van der Waals surface area contributed by atoms with Crippen LogP contribution in [-0.2, 0) is 0 Å². The molecule has 0 spiro atoms.